The van der Waals surface area contributed by atoms with Crippen molar-refractivity contribution in [3.63, 3.8) is 0 Å². The molecular formula is C14H17N5O11S2. The number of hydrogen-bond acceptors (Lipinski definition) is 13. The fourth-order valence-electron chi connectivity index (χ4n) is 2.05. The van der Waals surface area contributed by atoms with Crippen LogP contribution in [0.15, 0.2) is 23.3 Å². The van der Waals surface area contributed by atoms with E-state index in [1.54, 1.807) is 0 Å². The standard InChI is InChI=1S/C14H17N5O11S2/c1-32(25,26)31-7-6-28-14(20)12-8-10(16-17-15)2-3-13(12)27-5-4-11(30-19(23)24)9-29-18(21)22/h2-3,8,11H,4-7,9H2,1H3. The topological polar surface area (TPSA) is 223 Å². The molecule has 0 amide bonds. The van der Waals surface area contributed by atoms with Crippen LogP contribution in [0.1, 0.15) is 16.8 Å². The van der Waals surface area contributed by atoms with Gasteiger partial charge in [-0.25, -0.2) is 13.2 Å². The maximum absolute atomic E-state index is 12.4. The minimum Gasteiger partial charge on any atom is -0.493 e. The quantitative estimate of drug-likeness (QED) is 0.0498. The third-order valence-corrected chi connectivity index (χ3v) is 5.80. The fraction of sp³-hybridized carbons (Fsp3) is 0.500. The third kappa shape index (κ3) is 11.0. The van der Waals surface area contributed by atoms with Crippen LogP contribution in [0.5, 0.6) is 5.75 Å². The Bertz CT molecular complexity index is 981. The van der Waals surface area contributed by atoms with Gasteiger partial charge in [0.2, 0.25) is 0 Å². The second-order valence-corrected chi connectivity index (χ2v) is 10.2. The fourth-order valence-corrected chi connectivity index (χ4v) is 3.61. The lowest BCUT2D eigenvalue weighted by molar-refractivity contribution is -0.790. The summed E-state index contributed by atoms with van der Waals surface area (Å²) in [5, 5.41) is 21.8. The van der Waals surface area contributed by atoms with Crippen LogP contribution in [0, 0.1) is 20.2 Å². The van der Waals surface area contributed by atoms with Gasteiger partial charge in [0.1, 0.15) is 30.6 Å². The molecule has 0 heterocycles. The van der Waals surface area contributed by atoms with Crippen LogP contribution >= 0.6 is 10.8 Å². The van der Waals surface area contributed by atoms with Crippen molar-refractivity contribution in [3.05, 3.63) is 54.4 Å². The molecule has 0 spiro atoms. The predicted molar refractivity (Wildman–Crippen MR) is 108 cm³/mol. The molecule has 0 aliphatic rings. The number of ether oxygens (including phenoxy) is 2. The van der Waals surface area contributed by atoms with Crippen LogP contribution in [0.2, 0.25) is 0 Å². The van der Waals surface area contributed by atoms with E-state index in [2.05, 4.69) is 19.7 Å². The van der Waals surface area contributed by atoms with Gasteiger partial charge in [-0.05, 0) is 34.5 Å². The molecule has 0 fully saturated rings. The minimum atomic E-state index is -3.31. The average Bonchev–Trinajstić information content (AvgIpc) is 2.69. The molecule has 1 aromatic carbocycles. The maximum Gasteiger partial charge on any atom is 0.341 e. The summed E-state index contributed by atoms with van der Waals surface area (Å²) in [5.74, 6) is -0.968. The number of benzene rings is 1. The summed E-state index contributed by atoms with van der Waals surface area (Å²) in [5.41, 5.74) is 8.46. The molecule has 32 heavy (non-hydrogen) atoms. The number of azide groups is 1. The van der Waals surface area contributed by atoms with Crippen molar-refractivity contribution in [1.82, 2.24) is 0 Å². The van der Waals surface area contributed by atoms with Gasteiger partial charge in [-0.1, -0.05) is 5.11 Å². The number of rotatable bonds is 15. The van der Waals surface area contributed by atoms with Crippen LogP contribution in [0.25, 0.3) is 10.4 Å². The van der Waals surface area contributed by atoms with Gasteiger partial charge in [0.15, 0.2) is 8.87 Å². The molecule has 0 radical (unpaired) electrons. The first kappa shape index (κ1) is 26.5. The highest BCUT2D eigenvalue weighted by atomic mass is 33.1. The van der Waals surface area contributed by atoms with E-state index in [0.29, 0.717) is 10.8 Å². The molecule has 176 valence electrons. The van der Waals surface area contributed by atoms with Crippen LogP contribution in [0.3, 0.4) is 0 Å². The SMILES string of the molecule is CS(=O)(=O)SCCOC(=O)c1cc(N=[N+]=[N-])ccc1OCCC(CO[N+](=O)[O-])O[N+](=O)[O-]. The molecule has 1 atom stereocenters. The highest BCUT2D eigenvalue weighted by Gasteiger charge is 2.19. The van der Waals surface area contributed by atoms with Crippen molar-refractivity contribution in [2.24, 2.45) is 5.11 Å². The van der Waals surface area contributed by atoms with E-state index in [4.69, 9.17) is 15.0 Å². The van der Waals surface area contributed by atoms with Gasteiger partial charge in [0, 0.05) is 29.0 Å². The van der Waals surface area contributed by atoms with Crippen molar-refractivity contribution >= 4 is 31.3 Å². The summed E-state index contributed by atoms with van der Waals surface area (Å²) in [6.07, 6.45) is -0.533. The summed E-state index contributed by atoms with van der Waals surface area (Å²) in [6, 6.07) is 3.77. The van der Waals surface area contributed by atoms with Crippen LogP contribution < -0.4 is 4.74 Å². The van der Waals surface area contributed by atoms with Gasteiger partial charge in [-0.15, -0.1) is 20.2 Å². The molecular weight excluding hydrogens is 478 g/mol. The van der Waals surface area contributed by atoms with Crippen LogP contribution in [-0.2, 0) is 23.3 Å². The number of esters is 1. The largest absolute Gasteiger partial charge is 0.493 e. The van der Waals surface area contributed by atoms with E-state index >= 15 is 0 Å². The second kappa shape index (κ2) is 13.0. The van der Waals surface area contributed by atoms with Gasteiger partial charge in [0.05, 0.1) is 6.61 Å². The van der Waals surface area contributed by atoms with Gasteiger partial charge in [-0.2, -0.15) is 0 Å². The van der Waals surface area contributed by atoms with Gasteiger partial charge in [-0.3, -0.25) is 0 Å². The summed E-state index contributed by atoms with van der Waals surface area (Å²) in [4.78, 5) is 44.1. The molecule has 1 unspecified atom stereocenters. The zero-order valence-electron chi connectivity index (χ0n) is 16.4. The van der Waals surface area contributed by atoms with Crippen molar-refractivity contribution in [3.8, 4) is 5.75 Å². The number of nitrogens with zero attached hydrogens (tertiary/aromatic N) is 5. The normalized spacial score (nSPS) is 11.5. The van der Waals surface area contributed by atoms with Crippen molar-refractivity contribution < 1.29 is 42.5 Å². The minimum absolute atomic E-state index is 0.0207. The highest BCUT2D eigenvalue weighted by molar-refractivity contribution is 8.71. The molecule has 18 heteroatoms. The number of hydrogen-bond donors (Lipinski definition) is 0. The Hall–Kier alpha value is -3.50. The van der Waals surface area contributed by atoms with E-state index in [9.17, 15) is 33.4 Å². The smallest absolute Gasteiger partial charge is 0.341 e. The van der Waals surface area contributed by atoms with Gasteiger partial charge in [0.25, 0.3) is 10.2 Å². The lowest BCUT2D eigenvalue weighted by atomic mass is 10.2. The molecule has 0 bridgehead atoms. The molecule has 0 saturated heterocycles. The molecule has 0 N–H and O–H groups in total. The third-order valence-electron chi connectivity index (χ3n) is 3.26. The first-order chi connectivity index (χ1) is 15.0. The molecule has 1 aromatic rings. The summed E-state index contributed by atoms with van der Waals surface area (Å²) in [6.45, 7) is -1.23. The Morgan fingerprint density at radius 2 is 2.00 bits per heavy atom. The molecule has 16 nitrogen and oxygen atoms in total. The van der Waals surface area contributed by atoms with E-state index in [1.165, 1.54) is 18.2 Å². The van der Waals surface area contributed by atoms with E-state index in [-0.39, 0.29) is 42.4 Å². The first-order valence-corrected chi connectivity index (χ1v) is 11.8. The molecule has 1 rings (SSSR count). The van der Waals surface area contributed by atoms with Gasteiger partial charge < -0.3 is 19.1 Å². The Kier molecular flexibility index (Phi) is 10.8. The lowest BCUT2D eigenvalue weighted by Gasteiger charge is -2.15. The zero-order valence-corrected chi connectivity index (χ0v) is 18.0. The van der Waals surface area contributed by atoms with E-state index in [0.717, 1.165) is 6.26 Å². The second-order valence-electron chi connectivity index (χ2n) is 5.64. The molecule has 0 saturated carbocycles. The van der Waals surface area contributed by atoms with E-state index < -0.39 is 37.7 Å². The highest BCUT2D eigenvalue weighted by Crippen LogP contribution is 2.26. The average molecular weight is 495 g/mol. The molecule has 0 aliphatic carbocycles. The molecule has 0 aromatic heterocycles. The van der Waals surface area contributed by atoms with Gasteiger partial charge >= 0.3 is 5.97 Å². The predicted octanol–water partition coefficient (Wildman–Crippen LogP) is 2.03. The Morgan fingerprint density at radius 3 is 2.59 bits per heavy atom. The van der Waals surface area contributed by atoms with Crippen LogP contribution in [-0.4, -0.2) is 62.5 Å². The van der Waals surface area contributed by atoms with Crippen LogP contribution in [0.4, 0.5) is 5.69 Å². The zero-order chi connectivity index (χ0) is 24.1. The number of carbonyl (C=O) groups excluding carboxylic acids is 1. The number of carbonyl (C=O) groups is 1. The molecule has 0 aliphatic heterocycles. The maximum atomic E-state index is 12.4. The monoisotopic (exact) mass is 495 g/mol. The van der Waals surface area contributed by atoms with E-state index in [1.807, 2.05) is 0 Å². The Morgan fingerprint density at radius 1 is 1.28 bits per heavy atom. The summed E-state index contributed by atoms with van der Waals surface area (Å²) in [7, 11) is -2.73. The lowest BCUT2D eigenvalue weighted by Crippen LogP contribution is -2.26. The summed E-state index contributed by atoms with van der Waals surface area (Å²) >= 11 is 0. The summed E-state index contributed by atoms with van der Waals surface area (Å²) < 4.78 is 32.6. The van der Waals surface area contributed by atoms with Crippen molar-refractivity contribution in [2.75, 3.05) is 31.8 Å². The Balaban J connectivity index is 2.84. The first-order valence-electron chi connectivity index (χ1n) is 8.43. The van der Waals surface area contributed by atoms with Crippen molar-refractivity contribution in [2.45, 2.75) is 12.5 Å². The Labute approximate surface area is 183 Å². The van der Waals surface area contributed by atoms with Crippen molar-refractivity contribution in [1.29, 1.82) is 0 Å².